The van der Waals surface area contributed by atoms with E-state index in [0.717, 1.165) is 30.7 Å². The van der Waals surface area contributed by atoms with Gasteiger partial charge < -0.3 is 14.7 Å². The molecule has 5 nitrogen and oxygen atoms in total. The summed E-state index contributed by atoms with van der Waals surface area (Å²) >= 11 is 1.76. The monoisotopic (exact) mass is 458 g/mol. The Morgan fingerprint density at radius 2 is 2.09 bits per heavy atom. The Bertz CT molecular complexity index is 918. The predicted molar refractivity (Wildman–Crippen MR) is 132 cm³/mol. The van der Waals surface area contributed by atoms with Crippen LogP contribution in [0.2, 0.25) is 0 Å². The van der Waals surface area contributed by atoms with E-state index >= 15 is 0 Å². The molecule has 0 saturated carbocycles. The Kier molecular flexibility index (Phi) is 8.01. The van der Waals surface area contributed by atoms with Crippen LogP contribution in [-0.4, -0.2) is 58.7 Å². The number of amides is 1. The molecular weight excluding hydrogens is 420 g/mol. The number of ether oxygens (including phenoxy) is 1. The molecule has 1 amide bonds. The van der Waals surface area contributed by atoms with E-state index in [9.17, 15) is 9.90 Å². The van der Waals surface area contributed by atoms with E-state index < -0.39 is 5.60 Å². The highest BCUT2D eigenvalue weighted by molar-refractivity contribution is 7.10. The van der Waals surface area contributed by atoms with Gasteiger partial charge in [0.1, 0.15) is 12.4 Å². The second kappa shape index (κ2) is 10.4. The van der Waals surface area contributed by atoms with Gasteiger partial charge in [0.05, 0.1) is 18.2 Å². The van der Waals surface area contributed by atoms with Crippen LogP contribution in [0.4, 0.5) is 0 Å². The molecule has 1 aromatic carbocycles. The highest BCUT2D eigenvalue weighted by atomic mass is 32.1. The number of fused-ring (bicyclic) bond motifs is 1. The third-order valence-electron chi connectivity index (χ3n) is 6.56. The highest BCUT2D eigenvalue weighted by Crippen LogP contribution is 2.34. The lowest BCUT2D eigenvalue weighted by Gasteiger charge is -2.40. The third-order valence-corrected chi connectivity index (χ3v) is 7.56. The van der Waals surface area contributed by atoms with Crippen LogP contribution >= 0.6 is 11.3 Å². The molecule has 1 aromatic heterocycles. The molecule has 32 heavy (non-hydrogen) atoms. The van der Waals surface area contributed by atoms with Gasteiger partial charge in [0.2, 0.25) is 5.91 Å². The van der Waals surface area contributed by atoms with Gasteiger partial charge in [-0.3, -0.25) is 9.69 Å². The van der Waals surface area contributed by atoms with Crippen molar-refractivity contribution >= 4 is 17.2 Å². The van der Waals surface area contributed by atoms with Crippen LogP contribution in [0.25, 0.3) is 0 Å². The van der Waals surface area contributed by atoms with Gasteiger partial charge in [0.25, 0.3) is 0 Å². The van der Waals surface area contributed by atoms with Crippen LogP contribution in [0.1, 0.15) is 61.7 Å². The van der Waals surface area contributed by atoms with Gasteiger partial charge in [-0.1, -0.05) is 24.6 Å². The molecule has 0 fully saturated rings. The number of nitrogens with zero attached hydrogens (tertiary/aromatic N) is 2. The number of benzene rings is 1. The fourth-order valence-corrected chi connectivity index (χ4v) is 5.34. The normalized spacial score (nSPS) is 17.4. The van der Waals surface area contributed by atoms with Gasteiger partial charge in [-0.2, -0.15) is 0 Å². The molecule has 3 rings (SSSR count). The largest absolute Gasteiger partial charge is 0.491 e. The van der Waals surface area contributed by atoms with E-state index in [0.29, 0.717) is 19.7 Å². The van der Waals surface area contributed by atoms with Crippen LogP contribution in [-0.2, 0) is 11.2 Å². The van der Waals surface area contributed by atoms with Crippen molar-refractivity contribution in [3.05, 3.63) is 51.2 Å². The van der Waals surface area contributed by atoms with Crippen LogP contribution in [0, 0.1) is 13.8 Å². The van der Waals surface area contributed by atoms with Gasteiger partial charge in [0.15, 0.2) is 0 Å². The molecule has 1 aliphatic rings. The second-order valence-corrected chi connectivity index (χ2v) is 10.5. The van der Waals surface area contributed by atoms with Crippen molar-refractivity contribution in [2.24, 2.45) is 0 Å². The second-order valence-electron chi connectivity index (χ2n) is 9.53. The Balaban J connectivity index is 1.79. The lowest BCUT2D eigenvalue weighted by atomic mass is 9.98. The smallest absolute Gasteiger partial charge is 0.237 e. The Morgan fingerprint density at radius 3 is 2.75 bits per heavy atom. The number of hydrogen-bond donors (Lipinski definition) is 1. The van der Waals surface area contributed by atoms with E-state index in [1.54, 1.807) is 11.3 Å². The van der Waals surface area contributed by atoms with Gasteiger partial charge in [-0.15, -0.1) is 11.3 Å². The first kappa shape index (κ1) is 24.7. The van der Waals surface area contributed by atoms with Crippen LogP contribution in [0.15, 0.2) is 29.6 Å². The maximum Gasteiger partial charge on any atom is 0.237 e. The fraction of sp³-hybridized carbons (Fsp3) is 0.577. The zero-order valence-electron chi connectivity index (χ0n) is 20.4. The number of thiophene rings is 1. The van der Waals surface area contributed by atoms with E-state index in [-0.39, 0.29) is 18.0 Å². The quantitative estimate of drug-likeness (QED) is 0.590. The van der Waals surface area contributed by atoms with Gasteiger partial charge in [-0.05, 0) is 82.6 Å². The molecule has 2 aromatic rings. The summed E-state index contributed by atoms with van der Waals surface area (Å²) in [5, 5.41) is 12.6. The molecule has 2 heterocycles. The summed E-state index contributed by atoms with van der Waals surface area (Å²) in [6, 6.07) is 8.12. The maximum atomic E-state index is 13.5. The van der Waals surface area contributed by atoms with E-state index in [2.05, 4.69) is 49.3 Å². The van der Waals surface area contributed by atoms with Crippen molar-refractivity contribution in [3.8, 4) is 5.75 Å². The van der Waals surface area contributed by atoms with Crippen LogP contribution < -0.4 is 4.74 Å². The lowest BCUT2D eigenvalue weighted by Crippen LogP contribution is -2.53. The summed E-state index contributed by atoms with van der Waals surface area (Å²) in [6.45, 7) is 14.1. The lowest BCUT2D eigenvalue weighted by molar-refractivity contribution is -0.138. The van der Waals surface area contributed by atoms with Gasteiger partial charge in [-0.25, -0.2) is 0 Å². The van der Waals surface area contributed by atoms with Crippen molar-refractivity contribution in [1.29, 1.82) is 0 Å². The Labute approximate surface area is 197 Å². The van der Waals surface area contributed by atoms with Gasteiger partial charge in [0, 0.05) is 17.5 Å². The summed E-state index contributed by atoms with van der Waals surface area (Å²) in [7, 11) is 0. The van der Waals surface area contributed by atoms with E-state index in [1.165, 1.54) is 16.0 Å². The minimum atomic E-state index is -0.872. The van der Waals surface area contributed by atoms with E-state index in [1.807, 2.05) is 31.7 Å². The van der Waals surface area contributed by atoms with Crippen molar-refractivity contribution in [3.63, 3.8) is 0 Å². The van der Waals surface area contributed by atoms with Crippen molar-refractivity contribution in [1.82, 2.24) is 9.80 Å². The summed E-state index contributed by atoms with van der Waals surface area (Å²) in [5.41, 5.74) is 2.65. The molecule has 1 aliphatic heterocycles. The van der Waals surface area contributed by atoms with E-state index in [4.69, 9.17) is 4.74 Å². The minimum absolute atomic E-state index is 0.0978. The average Bonchev–Trinajstić information content (AvgIpc) is 3.20. The SMILES string of the molecule is CCCN(CC(=O)N1CCc2sccc2C1COc1ccc(C)cc1C)C(C)C(C)(C)O. The molecule has 2 atom stereocenters. The molecule has 1 N–H and O–H groups in total. The molecular formula is C26H38N2O3S. The topological polar surface area (TPSA) is 53.0 Å². The maximum absolute atomic E-state index is 13.5. The molecule has 2 unspecified atom stereocenters. The minimum Gasteiger partial charge on any atom is -0.491 e. The first-order valence-corrected chi connectivity index (χ1v) is 12.5. The summed E-state index contributed by atoms with van der Waals surface area (Å²) in [6.07, 6.45) is 1.81. The number of carbonyl (C=O) groups is 1. The summed E-state index contributed by atoms with van der Waals surface area (Å²) < 4.78 is 6.25. The van der Waals surface area contributed by atoms with Gasteiger partial charge >= 0.3 is 0 Å². The standard InChI is InChI=1S/C26H38N2O3S/c1-7-12-27(20(4)26(5,6)30)16-25(29)28-13-10-24-21(11-14-32-24)22(28)17-31-23-9-8-18(2)15-19(23)3/h8-9,11,14-15,20,22,30H,7,10,12-13,16-17H2,1-6H3. The van der Waals surface area contributed by atoms with Crippen molar-refractivity contribution in [2.75, 3.05) is 26.2 Å². The molecule has 0 bridgehead atoms. The van der Waals surface area contributed by atoms with Crippen molar-refractivity contribution in [2.45, 2.75) is 72.1 Å². The summed E-state index contributed by atoms with van der Waals surface area (Å²) in [4.78, 5) is 19.0. The molecule has 0 radical (unpaired) electrons. The van der Waals surface area contributed by atoms with Crippen LogP contribution in [0.3, 0.4) is 0 Å². The predicted octanol–water partition coefficient (Wildman–Crippen LogP) is 4.74. The summed E-state index contributed by atoms with van der Waals surface area (Å²) in [5.74, 6) is 0.967. The number of carbonyl (C=O) groups excluding carboxylic acids is 1. The first-order chi connectivity index (χ1) is 15.1. The zero-order chi connectivity index (χ0) is 23.5. The number of hydrogen-bond acceptors (Lipinski definition) is 5. The molecule has 6 heteroatoms. The number of aryl methyl sites for hydroxylation is 2. The first-order valence-electron chi connectivity index (χ1n) is 11.6. The Hall–Kier alpha value is -1.89. The number of aliphatic hydroxyl groups is 1. The third kappa shape index (κ3) is 5.72. The molecule has 0 saturated heterocycles. The fourth-order valence-electron chi connectivity index (χ4n) is 4.41. The van der Waals surface area contributed by atoms with Crippen molar-refractivity contribution < 1.29 is 14.6 Å². The average molecular weight is 459 g/mol. The zero-order valence-corrected chi connectivity index (χ0v) is 21.2. The molecule has 176 valence electrons. The molecule has 0 spiro atoms. The van der Waals surface area contributed by atoms with Crippen LogP contribution in [0.5, 0.6) is 5.75 Å². The highest BCUT2D eigenvalue weighted by Gasteiger charge is 2.35. The Morgan fingerprint density at radius 1 is 1.34 bits per heavy atom. The number of rotatable bonds is 9. The molecule has 0 aliphatic carbocycles.